The van der Waals surface area contributed by atoms with Gasteiger partial charge in [0.15, 0.2) is 0 Å². The molecule has 3 nitrogen and oxygen atoms in total. The van der Waals surface area contributed by atoms with Gasteiger partial charge in [0.1, 0.15) is 23.0 Å². The van der Waals surface area contributed by atoms with E-state index in [4.69, 9.17) is 11.6 Å². The van der Waals surface area contributed by atoms with Gasteiger partial charge >= 0.3 is 12.4 Å². The summed E-state index contributed by atoms with van der Waals surface area (Å²) in [5, 5.41) is 2.40. The van der Waals surface area contributed by atoms with Gasteiger partial charge in [-0.2, -0.15) is 26.3 Å². The molecule has 0 aliphatic rings. The van der Waals surface area contributed by atoms with Gasteiger partial charge in [-0.1, -0.05) is 29.8 Å². The molecule has 0 saturated heterocycles. The van der Waals surface area contributed by atoms with Crippen LogP contribution in [0.4, 0.5) is 39.5 Å². The third kappa shape index (κ3) is 6.48. The van der Waals surface area contributed by atoms with Crippen molar-refractivity contribution in [3.63, 3.8) is 0 Å². The lowest BCUT2D eigenvalue weighted by Crippen LogP contribution is -2.49. The Kier molecular flexibility index (Phi) is 8.08. The molecule has 0 saturated carbocycles. The number of rotatable bonds is 6. The summed E-state index contributed by atoms with van der Waals surface area (Å²) in [4.78, 5) is 17.5. The highest BCUT2D eigenvalue weighted by Crippen LogP contribution is 2.39. The summed E-state index contributed by atoms with van der Waals surface area (Å²) in [5.74, 6) is -5.24. The van der Waals surface area contributed by atoms with E-state index in [9.17, 15) is 44.3 Å². The lowest BCUT2D eigenvalue weighted by molar-refractivity contribution is -0.140. The Balaban J connectivity index is 2.00. The fraction of sp³-hybridized carbons (Fsp3) is 0.143. The van der Waals surface area contributed by atoms with Crippen LogP contribution in [0.1, 0.15) is 38.3 Å². The Bertz CT molecular complexity index is 1590. The van der Waals surface area contributed by atoms with Crippen LogP contribution in [0.25, 0.3) is 0 Å². The lowest BCUT2D eigenvalue weighted by Gasteiger charge is -2.36. The molecule has 1 atom stereocenters. The van der Waals surface area contributed by atoms with Gasteiger partial charge in [-0.25, -0.2) is 13.2 Å². The van der Waals surface area contributed by atoms with Crippen molar-refractivity contribution >= 4 is 17.5 Å². The average Bonchev–Trinajstić information content (AvgIpc) is 2.88. The van der Waals surface area contributed by atoms with Crippen molar-refractivity contribution in [3.8, 4) is 0 Å². The van der Waals surface area contributed by atoms with E-state index in [0.717, 1.165) is 18.3 Å². The Morgan fingerprint density at radius 2 is 1.46 bits per heavy atom. The van der Waals surface area contributed by atoms with Crippen LogP contribution in [-0.4, -0.2) is 10.9 Å². The van der Waals surface area contributed by atoms with Crippen LogP contribution in [0, 0.1) is 17.5 Å². The minimum Gasteiger partial charge on any atom is -0.337 e. The van der Waals surface area contributed by atoms with Gasteiger partial charge in [0.25, 0.3) is 5.91 Å². The van der Waals surface area contributed by atoms with Gasteiger partial charge in [0.05, 0.1) is 21.8 Å². The van der Waals surface area contributed by atoms with E-state index < -0.39 is 69.9 Å². The number of carbonyl (C=O) groups is 1. The van der Waals surface area contributed by atoms with Gasteiger partial charge in [-0.15, -0.1) is 0 Å². The Hall–Kier alpha value is -4.06. The van der Waals surface area contributed by atoms with Crippen molar-refractivity contribution in [1.82, 2.24) is 10.3 Å². The first-order valence-corrected chi connectivity index (χ1v) is 11.9. The first kappa shape index (κ1) is 29.9. The minimum absolute atomic E-state index is 0.0587. The molecule has 0 spiro atoms. The number of nitrogens with one attached hydrogen (secondary N) is 1. The van der Waals surface area contributed by atoms with Crippen LogP contribution in [0.15, 0.2) is 79.0 Å². The average molecular weight is 603 g/mol. The molecule has 4 rings (SSSR count). The molecule has 1 N–H and O–H groups in total. The lowest BCUT2D eigenvalue weighted by atomic mass is 9.79. The Morgan fingerprint density at radius 3 is 2.07 bits per heavy atom. The number of pyridine rings is 1. The molecular weight excluding hydrogens is 587 g/mol. The van der Waals surface area contributed by atoms with Crippen LogP contribution in [0.3, 0.4) is 0 Å². The maximum Gasteiger partial charge on any atom is 0.419 e. The highest BCUT2D eigenvalue weighted by Gasteiger charge is 2.42. The summed E-state index contributed by atoms with van der Waals surface area (Å²) >= 11 is 5.92. The number of hydrogen-bond acceptors (Lipinski definition) is 2. The predicted octanol–water partition coefficient (Wildman–Crippen LogP) is 8.11. The summed E-state index contributed by atoms with van der Waals surface area (Å²) < 4.78 is 125. The van der Waals surface area contributed by atoms with Crippen LogP contribution < -0.4 is 5.32 Å². The fourth-order valence-corrected chi connectivity index (χ4v) is 4.34. The number of alkyl halides is 6. The van der Waals surface area contributed by atoms with E-state index in [0.29, 0.717) is 18.2 Å². The second-order valence-electron chi connectivity index (χ2n) is 8.91. The molecule has 41 heavy (non-hydrogen) atoms. The standard InChI is InChI=1S/C28H16ClF9N2O/c29-19-6-8-24(39-14-19)26(13-16-3-1-2-4-22(16)31,17-10-18(27(33,34)35)12-20(30)11-17)40-25(41)15-5-7-23(32)21(9-15)28(36,37)38/h1-12,14H,13H2,(H,40,41)/t26-/m0/s1. The molecule has 4 aromatic rings. The number of carbonyl (C=O) groups excluding carboxylic acids is 1. The quantitative estimate of drug-likeness (QED) is 0.227. The Labute approximate surface area is 231 Å². The molecule has 0 unspecified atom stereocenters. The molecular formula is C28H16ClF9N2O. The zero-order chi connectivity index (χ0) is 30.2. The molecule has 0 aliphatic heterocycles. The zero-order valence-electron chi connectivity index (χ0n) is 20.3. The monoisotopic (exact) mass is 602 g/mol. The number of nitrogens with zero attached hydrogens (tertiary/aromatic N) is 1. The molecule has 0 aliphatic carbocycles. The van der Waals surface area contributed by atoms with Crippen molar-refractivity contribution < 1.29 is 44.3 Å². The first-order valence-electron chi connectivity index (χ1n) is 11.5. The molecule has 0 radical (unpaired) electrons. The predicted molar refractivity (Wildman–Crippen MR) is 130 cm³/mol. The highest BCUT2D eigenvalue weighted by atomic mass is 35.5. The summed E-state index contributed by atoms with van der Waals surface area (Å²) in [5.41, 5.74) is -7.27. The number of aromatic nitrogens is 1. The summed E-state index contributed by atoms with van der Waals surface area (Å²) in [6.45, 7) is 0. The maximum absolute atomic E-state index is 14.9. The third-order valence-electron chi connectivity index (χ3n) is 6.16. The summed E-state index contributed by atoms with van der Waals surface area (Å²) in [6, 6.07) is 10.1. The van der Waals surface area contributed by atoms with E-state index >= 15 is 0 Å². The number of benzene rings is 3. The van der Waals surface area contributed by atoms with Crippen molar-refractivity contribution in [2.75, 3.05) is 0 Å². The van der Waals surface area contributed by atoms with Crippen molar-refractivity contribution in [2.24, 2.45) is 0 Å². The SMILES string of the molecule is O=C(N[C@@](Cc1ccccc1F)(c1cc(F)cc(C(F)(F)F)c1)c1ccc(Cl)cn1)c1ccc(F)c(C(F)(F)F)c1. The summed E-state index contributed by atoms with van der Waals surface area (Å²) in [7, 11) is 0. The molecule has 1 aromatic heterocycles. The largest absolute Gasteiger partial charge is 0.419 e. The van der Waals surface area contributed by atoms with Crippen LogP contribution in [-0.2, 0) is 24.3 Å². The molecule has 0 bridgehead atoms. The third-order valence-corrected chi connectivity index (χ3v) is 6.38. The van der Waals surface area contributed by atoms with E-state index in [1.54, 1.807) is 0 Å². The van der Waals surface area contributed by atoms with Gasteiger partial charge in [-0.05, 0) is 65.7 Å². The zero-order valence-corrected chi connectivity index (χ0v) is 21.1. The summed E-state index contributed by atoms with van der Waals surface area (Å²) in [6.07, 6.45) is -9.86. The molecule has 13 heteroatoms. The van der Waals surface area contributed by atoms with Gasteiger partial charge in [0, 0.05) is 18.2 Å². The van der Waals surface area contributed by atoms with Crippen molar-refractivity contribution in [2.45, 2.75) is 24.3 Å². The molecule has 214 valence electrons. The van der Waals surface area contributed by atoms with Gasteiger partial charge in [-0.3, -0.25) is 9.78 Å². The number of halogens is 10. The van der Waals surface area contributed by atoms with Crippen molar-refractivity contribution in [3.05, 3.63) is 135 Å². The second-order valence-corrected chi connectivity index (χ2v) is 9.34. The number of hydrogen-bond donors (Lipinski definition) is 1. The first-order chi connectivity index (χ1) is 19.1. The van der Waals surface area contributed by atoms with Crippen LogP contribution in [0.2, 0.25) is 5.02 Å². The Morgan fingerprint density at radius 1 is 0.780 bits per heavy atom. The highest BCUT2D eigenvalue weighted by molar-refractivity contribution is 6.30. The maximum atomic E-state index is 14.9. The van der Waals surface area contributed by atoms with E-state index in [2.05, 4.69) is 10.3 Å². The van der Waals surface area contributed by atoms with Gasteiger partial charge < -0.3 is 5.32 Å². The van der Waals surface area contributed by atoms with E-state index in [1.165, 1.54) is 30.3 Å². The topological polar surface area (TPSA) is 42.0 Å². The smallest absolute Gasteiger partial charge is 0.337 e. The second kappa shape index (κ2) is 11.1. The molecule has 1 heterocycles. The van der Waals surface area contributed by atoms with Gasteiger partial charge in [0.2, 0.25) is 0 Å². The molecule has 3 aromatic carbocycles. The minimum atomic E-state index is -5.19. The van der Waals surface area contributed by atoms with Crippen molar-refractivity contribution in [1.29, 1.82) is 0 Å². The van der Waals surface area contributed by atoms with Crippen LogP contribution in [0.5, 0.6) is 0 Å². The normalized spacial score (nSPS) is 13.5. The van der Waals surface area contributed by atoms with E-state index in [1.807, 2.05) is 0 Å². The van der Waals surface area contributed by atoms with E-state index in [-0.39, 0.29) is 28.4 Å². The number of amides is 1. The fourth-order valence-electron chi connectivity index (χ4n) is 4.23. The van der Waals surface area contributed by atoms with Crippen LogP contribution >= 0.6 is 11.6 Å². The molecule has 0 fully saturated rings. The molecule has 1 amide bonds.